The average Bonchev–Trinajstić information content (AvgIpc) is 2.30. The van der Waals surface area contributed by atoms with Crippen molar-refractivity contribution < 1.29 is 4.92 Å². The van der Waals surface area contributed by atoms with Crippen molar-refractivity contribution in [2.45, 2.75) is 32.2 Å². The number of likely N-dealkylation sites (N-methyl/N-ethyl adjacent to an activating group) is 1. The number of nitrogens with one attached hydrogen (secondary N) is 1. The van der Waals surface area contributed by atoms with Crippen molar-refractivity contribution in [3.63, 3.8) is 0 Å². The third-order valence-corrected chi connectivity index (χ3v) is 3.76. The maximum Gasteiger partial charge on any atom is 0.273 e. The number of nitro benzene ring substituents is 1. The van der Waals surface area contributed by atoms with Crippen LogP contribution in [0.5, 0.6) is 0 Å². The summed E-state index contributed by atoms with van der Waals surface area (Å²) in [5.74, 6) is 0.127. The highest BCUT2D eigenvalue weighted by atomic mass is 127. The summed E-state index contributed by atoms with van der Waals surface area (Å²) in [6, 6.07) is 5.68. The van der Waals surface area contributed by atoms with Gasteiger partial charge in [-0.3, -0.25) is 10.1 Å². The van der Waals surface area contributed by atoms with E-state index >= 15 is 0 Å². The van der Waals surface area contributed by atoms with Crippen LogP contribution in [0, 0.1) is 13.7 Å². The topological polar surface area (TPSA) is 55.2 Å². The van der Waals surface area contributed by atoms with E-state index in [0.717, 1.165) is 15.6 Å². The molecule has 4 nitrogen and oxygen atoms in total. The molecule has 5 heteroatoms. The Labute approximate surface area is 115 Å². The highest BCUT2D eigenvalue weighted by Crippen LogP contribution is 2.30. The first kappa shape index (κ1) is 14.4. The number of halogens is 1. The van der Waals surface area contributed by atoms with Crippen LogP contribution in [0.4, 0.5) is 5.69 Å². The van der Waals surface area contributed by atoms with Gasteiger partial charge in [0.1, 0.15) is 0 Å². The number of hydrogen-bond donors (Lipinski definition) is 1. The van der Waals surface area contributed by atoms with Gasteiger partial charge in [0, 0.05) is 27.2 Å². The highest BCUT2D eigenvalue weighted by molar-refractivity contribution is 14.1. The van der Waals surface area contributed by atoms with Gasteiger partial charge in [0.15, 0.2) is 0 Å². The lowest BCUT2D eigenvalue weighted by Crippen LogP contribution is -2.30. The van der Waals surface area contributed by atoms with Gasteiger partial charge in [-0.15, -0.1) is 0 Å². The smallest absolute Gasteiger partial charge is 0.273 e. The van der Waals surface area contributed by atoms with Gasteiger partial charge in [-0.05, 0) is 42.1 Å². The normalized spacial score (nSPS) is 14.4. The molecule has 0 saturated carbocycles. The van der Waals surface area contributed by atoms with Gasteiger partial charge in [-0.1, -0.05) is 19.9 Å². The lowest BCUT2D eigenvalue weighted by molar-refractivity contribution is -0.385. The first-order valence-electron chi connectivity index (χ1n) is 5.62. The van der Waals surface area contributed by atoms with E-state index < -0.39 is 0 Å². The molecule has 0 spiro atoms. The van der Waals surface area contributed by atoms with E-state index in [0.29, 0.717) is 0 Å². The summed E-state index contributed by atoms with van der Waals surface area (Å²) in [6.45, 7) is 4.11. The molecule has 17 heavy (non-hydrogen) atoms. The Bertz CT molecular complexity index is 405. The van der Waals surface area contributed by atoms with Crippen molar-refractivity contribution in [2.24, 2.45) is 0 Å². The van der Waals surface area contributed by atoms with Crippen LogP contribution in [0.3, 0.4) is 0 Å². The highest BCUT2D eigenvalue weighted by Gasteiger charge is 2.23. The van der Waals surface area contributed by atoms with E-state index in [1.165, 1.54) is 0 Å². The van der Waals surface area contributed by atoms with Crippen LogP contribution in [-0.4, -0.2) is 18.0 Å². The first-order valence-corrected chi connectivity index (χ1v) is 6.70. The SMILES string of the molecule is CCC(NC)C(C)c1ccc(I)cc1[N+](=O)[O-]. The number of nitrogens with zero attached hydrogens (tertiary/aromatic N) is 1. The molecule has 0 bridgehead atoms. The molecule has 0 fully saturated rings. The Morgan fingerprint density at radius 2 is 2.18 bits per heavy atom. The molecule has 1 aromatic carbocycles. The zero-order chi connectivity index (χ0) is 13.0. The molecule has 1 N–H and O–H groups in total. The lowest BCUT2D eigenvalue weighted by atomic mass is 9.90. The molecular formula is C12H17IN2O2. The molecule has 0 aliphatic carbocycles. The summed E-state index contributed by atoms with van der Waals surface area (Å²) in [5.41, 5.74) is 1.02. The molecule has 1 rings (SSSR count). The Balaban J connectivity index is 3.16. The molecule has 0 radical (unpaired) electrons. The number of nitro groups is 1. The van der Waals surface area contributed by atoms with Crippen molar-refractivity contribution in [3.8, 4) is 0 Å². The van der Waals surface area contributed by atoms with Crippen molar-refractivity contribution in [3.05, 3.63) is 37.4 Å². The van der Waals surface area contributed by atoms with E-state index in [2.05, 4.69) is 34.8 Å². The van der Waals surface area contributed by atoms with Crippen molar-refractivity contribution in [1.82, 2.24) is 5.32 Å². The van der Waals surface area contributed by atoms with Gasteiger partial charge in [0.25, 0.3) is 5.69 Å². The molecule has 0 aliphatic rings. The van der Waals surface area contributed by atoms with Gasteiger partial charge < -0.3 is 5.32 Å². The average molecular weight is 348 g/mol. The minimum Gasteiger partial charge on any atom is -0.316 e. The van der Waals surface area contributed by atoms with Crippen molar-refractivity contribution >= 4 is 28.3 Å². The van der Waals surface area contributed by atoms with Gasteiger partial charge in [-0.2, -0.15) is 0 Å². The van der Waals surface area contributed by atoms with Gasteiger partial charge in [0.05, 0.1) is 4.92 Å². The van der Waals surface area contributed by atoms with Crippen LogP contribution < -0.4 is 5.32 Å². The third kappa shape index (κ3) is 3.38. The fraction of sp³-hybridized carbons (Fsp3) is 0.500. The van der Waals surface area contributed by atoms with E-state index in [-0.39, 0.29) is 22.6 Å². The molecule has 0 aromatic heterocycles. The van der Waals surface area contributed by atoms with Gasteiger partial charge in [0.2, 0.25) is 0 Å². The summed E-state index contributed by atoms with van der Waals surface area (Å²) >= 11 is 2.09. The van der Waals surface area contributed by atoms with Crippen LogP contribution >= 0.6 is 22.6 Å². The standard InChI is InChI=1S/C12H17IN2O2/c1-4-11(14-3)8(2)10-6-5-9(13)7-12(10)15(16)17/h5-8,11,14H,4H2,1-3H3. The molecular weight excluding hydrogens is 331 g/mol. The molecule has 2 unspecified atom stereocenters. The molecule has 0 amide bonds. The predicted octanol–water partition coefficient (Wildman–Crippen LogP) is 3.30. The first-order chi connectivity index (χ1) is 8.01. The van der Waals surface area contributed by atoms with E-state index in [4.69, 9.17) is 0 Å². The maximum absolute atomic E-state index is 11.1. The molecule has 0 heterocycles. The summed E-state index contributed by atoms with van der Waals surface area (Å²) in [4.78, 5) is 10.8. The van der Waals surface area contributed by atoms with Crippen LogP contribution in [0.15, 0.2) is 18.2 Å². The zero-order valence-electron chi connectivity index (χ0n) is 10.2. The van der Waals surface area contributed by atoms with Crippen LogP contribution in [-0.2, 0) is 0 Å². The Hall–Kier alpha value is -0.690. The van der Waals surface area contributed by atoms with E-state index in [9.17, 15) is 10.1 Å². The predicted molar refractivity (Wildman–Crippen MR) is 77.4 cm³/mol. The molecule has 0 aliphatic heterocycles. The van der Waals surface area contributed by atoms with Crippen LogP contribution in [0.2, 0.25) is 0 Å². The fourth-order valence-electron chi connectivity index (χ4n) is 2.08. The Morgan fingerprint density at radius 3 is 2.65 bits per heavy atom. The summed E-state index contributed by atoms with van der Waals surface area (Å²) in [5, 5.41) is 14.3. The second-order valence-electron chi connectivity index (χ2n) is 4.05. The number of hydrogen-bond acceptors (Lipinski definition) is 3. The number of benzene rings is 1. The van der Waals surface area contributed by atoms with Crippen molar-refractivity contribution in [2.75, 3.05) is 7.05 Å². The summed E-state index contributed by atoms with van der Waals surface area (Å²) in [6.07, 6.45) is 0.945. The van der Waals surface area contributed by atoms with Gasteiger partial charge >= 0.3 is 0 Å². The lowest BCUT2D eigenvalue weighted by Gasteiger charge is -2.22. The molecule has 2 atom stereocenters. The van der Waals surface area contributed by atoms with E-state index in [1.807, 2.05) is 26.1 Å². The van der Waals surface area contributed by atoms with Crippen LogP contribution in [0.1, 0.15) is 31.7 Å². The Morgan fingerprint density at radius 1 is 1.53 bits per heavy atom. The molecule has 1 aromatic rings. The minimum absolute atomic E-state index is 0.127. The number of rotatable bonds is 5. The minimum atomic E-state index is -0.295. The van der Waals surface area contributed by atoms with Gasteiger partial charge in [-0.25, -0.2) is 0 Å². The maximum atomic E-state index is 11.1. The summed E-state index contributed by atoms with van der Waals surface area (Å²) in [7, 11) is 1.89. The second kappa shape index (κ2) is 6.30. The Kier molecular flexibility index (Phi) is 5.32. The van der Waals surface area contributed by atoms with E-state index in [1.54, 1.807) is 6.07 Å². The monoisotopic (exact) mass is 348 g/mol. The summed E-state index contributed by atoms with van der Waals surface area (Å²) < 4.78 is 0.891. The zero-order valence-corrected chi connectivity index (χ0v) is 12.4. The quantitative estimate of drug-likeness (QED) is 0.505. The van der Waals surface area contributed by atoms with Crippen molar-refractivity contribution in [1.29, 1.82) is 0 Å². The second-order valence-corrected chi connectivity index (χ2v) is 5.30. The van der Waals surface area contributed by atoms with Crippen LogP contribution in [0.25, 0.3) is 0 Å². The molecule has 94 valence electrons. The fourth-order valence-corrected chi connectivity index (χ4v) is 2.56. The molecule has 0 saturated heterocycles. The third-order valence-electron chi connectivity index (χ3n) is 3.09. The largest absolute Gasteiger partial charge is 0.316 e.